The summed E-state index contributed by atoms with van der Waals surface area (Å²) >= 11 is 0. The standard InChI is InChI=1S/C14H27N3O2S/c1-15-14(16-10-6-12-20(2,18)19)17-11-9-13-7-4-3-5-8-13/h7H,3-6,8-12H2,1-2H3,(H2,15,16,17). The SMILES string of the molecule is CN=C(NCCCS(C)(=O)=O)NCCC1=CCCCC1. The van der Waals surface area contributed by atoms with Gasteiger partial charge in [0.25, 0.3) is 0 Å². The molecule has 0 aromatic carbocycles. The molecule has 116 valence electrons. The molecule has 1 rings (SSSR count). The highest BCUT2D eigenvalue weighted by Gasteiger charge is 2.05. The molecule has 0 saturated carbocycles. The maximum atomic E-state index is 11.0. The largest absolute Gasteiger partial charge is 0.356 e. The highest BCUT2D eigenvalue weighted by atomic mass is 32.2. The van der Waals surface area contributed by atoms with Crippen LogP contribution in [0.3, 0.4) is 0 Å². The topological polar surface area (TPSA) is 70.6 Å². The maximum Gasteiger partial charge on any atom is 0.190 e. The lowest BCUT2D eigenvalue weighted by Gasteiger charge is -2.15. The molecule has 6 heteroatoms. The van der Waals surface area contributed by atoms with E-state index in [4.69, 9.17) is 0 Å². The zero-order chi connectivity index (χ0) is 14.8. The fraction of sp³-hybridized carbons (Fsp3) is 0.786. The van der Waals surface area contributed by atoms with Crippen molar-refractivity contribution in [3.05, 3.63) is 11.6 Å². The van der Waals surface area contributed by atoms with E-state index in [1.165, 1.54) is 37.5 Å². The van der Waals surface area contributed by atoms with Gasteiger partial charge in [-0.1, -0.05) is 11.6 Å². The third kappa shape index (κ3) is 8.19. The van der Waals surface area contributed by atoms with Crippen LogP contribution in [0.4, 0.5) is 0 Å². The predicted molar refractivity (Wildman–Crippen MR) is 84.9 cm³/mol. The third-order valence-electron chi connectivity index (χ3n) is 3.33. The molecule has 0 aromatic heterocycles. The number of guanidine groups is 1. The van der Waals surface area contributed by atoms with Gasteiger partial charge in [-0.3, -0.25) is 4.99 Å². The Morgan fingerprint density at radius 3 is 2.65 bits per heavy atom. The molecule has 0 aromatic rings. The number of rotatable bonds is 7. The Morgan fingerprint density at radius 1 is 1.30 bits per heavy atom. The molecule has 0 unspecified atom stereocenters. The summed E-state index contributed by atoms with van der Waals surface area (Å²) in [7, 11) is -1.14. The minimum Gasteiger partial charge on any atom is -0.356 e. The van der Waals surface area contributed by atoms with Crippen LogP contribution in [-0.2, 0) is 9.84 Å². The van der Waals surface area contributed by atoms with Crippen molar-refractivity contribution in [2.24, 2.45) is 4.99 Å². The first kappa shape index (κ1) is 17.0. The number of aliphatic imine (C=N–C) groups is 1. The highest BCUT2D eigenvalue weighted by Crippen LogP contribution is 2.19. The zero-order valence-corrected chi connectivity index (χ0v) is 13.4. The monoisotopic (exact) mass is 301 g/mol. The van der Waals surface area contributed by atoms with Gasteiger partial charge in [-0.2, -0.15) is 0 Å². The van der Waals surface area contributed by atoms with E-state index < -0.39 is 9.84 Å². The zero-order valence-electron chi connectivity index (χ0n) is 12.6. The Morgan fingerprint density at radius 2 is 2.05 bits per heavy atom. The van der Waals surface area contributed by atoms with Crippen molar-refractivity contribution in [3.63, 3.8) is 0 Å². The molecule has 0 atom stereocenters. The Hall–Kier alpha value is -1.04. The van der Waals surface area contributed by atoms with E-state index >= 15 is 0 Å². The van der Waals surface area contributed by atoms with Crippen LogP contribution in [0.1, 0.15) is 38.5 Å². The van der Waals surface area contributed by atoms with Gasteiger partial charge in [0.2, 0.25) is 0 Å². The van der Waals surface area contributed by atoms with Crippen LogP contribution in [0.25, 0.3) is 0 Å². The van der Waals surface area contributed by atoms with E-state index in [-0.39, 0.29) is 5.75 Å². The summed E-state index contributed by atoms with van der Waals surface area (Å²) in [6.07, 6.45) is 10.3. The molecular weight excluding hydrogens is 274 g/mol. The van der Waals surface area contributed by atoms with E-state index in [0.717, 1.165) is 18.9 Å². The Labute approximate surface area is 122 Å². The fourth-order valence-corrected chi connectivity index (χ4v) is 2.90. The van der Waals surface area contributed by atoms with Crippen LogP contribution >= 0.6 is 0 Å². The van der Waals surface area contributed by atoms with Gasteiger partial charge in [0.15, 0.2) is 5.96 Å². The van der Waals surface area contributed by atoms with Crippen LogP contribution in [0, 0.1) is 0 Å². The summed E-state index contributed by atoms with van der Waals surface area (Å²) in [5.41, 5.74) is 1.54. The van der Waals surface area contributed by atoms with Crippen molar-refractivity contribution in [3.8, 4) is 0 Å². The number of hydrogen-bond acceptors (Lipinski definition) is 3. The van der Waals surface area contributed by atoms with Crippen molar-refractivity contribution in [1.82, 2.24) is 10.6 Å². The van der Waals surface area contributed by atoms with Gasteiger partial charge in [-0.25, -0.2) is 8.42 Å². The summed E-state index contributed by atoms with van der Waals surface area (Å²) in [5.74, 6) is 0.957. The molecule has 1 aliphatic rings. The lowest BCUT2D eigenvalue weighted by Crippen LogP contribution is -2.38. The van der Waals surface area contributed by atoms with E-state index in [1.807, 2.05) is 0 Å². The quantitative estimate of drug-likeness (QED) is 0.323. The van der Waals surface area contributed by atoms with Crippen LogP contribution in [-0.4, -0.2) is 46.5 Å². The first-order valence-corrected chi connectivity index (χ1v) is 9.37. The molecule has 20 heavy (non-hydrogen) atoms. The average Bonchev–Trinajstić information content (AvgIpc) is 2.41. The van der Waals surface area contributed by atoms with Crippen molar-refractivity contribution >= 4 is 15.8 Å². The van der Waals surface area contributed by atoms with Crippen molar-refractivity contribution in [2.45, 2.75) is 38.5 Å². The number of nitrogens with zero attached hydrogens (tertiary/aromatic N) is 1. The molecule has 1 aliphatic carbocycles. The van der Waals surface area contributed by atoms with Crippen LogP contribution in [0.2, 0.25) is 0 Å². The molecule has 0 fully saturated rings. The summed E-state index contributed by atoms with van der Waals surface area (Å²) in [6.45, 7) is 1.49. The fourth-order valence-electron chi connectivity index (χ4n) is 2.23. The average molecular weight is 301 g/mol. The summed E-state index contributed by atoms with van der Waals surface area (Å²) in [6, 6.07) is 0. The minimum absolute atomic E-state index is 0.212. The van der Waals surface area contributed by atoms with Gasteiger partial charge >= 0.3 is 0 Å². The van der Waals surface area contributed by atoms with Gasteiger partial charge in [-0.05, 0) is 38.5 Å². The first-order valence-electron chi connectivity index (χ1n) is 7.31. The smallest absolute Gasteiger partial charge is 0.190 e. The number of sulfone groups is 1. The second-order valence-corrected chi connectivity index (χ2v) is 7.53. The Kier molecular flexibility index (Phi) is 7.65. The second kappa shape index (κ2) is 9.00. The van der Waals surface area contributed by atoms with Crippen LogP contribution in [0.5, 0.6) is 0 Å². The predicted octanol–water partition coefficient (Wildman–Crippen LogP) is 1.48. The molecule has 0 saturated heterocycles. The van der Waals surface area contributed by atoms with Crippen LogP contribution in [0.15, 0.2) is 16.6 Å². The summed E-state index contributed by atoms with van der Waals surface area (Å²) < 4.78 is 22.0. The lowest BCUT2D eigenvalue weighted by molar-refractivity contribution is 0.598. The highest BCUT2D eigenvalue weighted by molar-refractivity contribution is 7.90. The van der Waals surface area contributed by atoms with Crippen LogP contribution < -0.4 is 10.6 Å². The molecule has 0 amide bonds. The van der Waals surface area contributed by atoms with Gasteiger partial charge in [-0.15, -0.1) is 0 Å². The molecule has 0 aliphatic heterocycles. The molecule has 0 bridgehead atoms. The number of allylic oxidation sites excluding steroid dienone is 1. The van der Waals surface area contributed by atoms with E-state index in [2.05, 4.69) is 21.7 Å². The Balaban J connectivity index is 2.15. The van der Waals surface area contributed by atoms with E-state index in [9.17, 15) is 8.42 Å². The summed E-state index contributed by atoms with van der Waals surface area (Å²) in [4.78, 5) is 4.13. The van der Waals surface area contributed by atoms with Gasteiger partial charge in [0.1, 0.15) is 9.84 Å². The molecule has 5 nitrogen and oxygen atoms in total. The summed E-state index contributed by atoms with van der Waals surface area (Å²) in [5, 5.41) is 6.40. The van der Waals surface area contributed by atoms with Crippen molar-refractivity contribution < 1.29 is 8.42 Å². The van der Waals surface area contributed by atoms with E-state index in [1.54, 1.807) is 7.05 Å². The first-order chi connectivity index (χ1) is 9.51. The molecule has 0 radical (unpaired) electrons. The maximum absolute atomic E-state index is 11.0. The second-order valence-electron chi connectivity index (χ2n) is 5.27. The normalized spacial score (nSPS) is 16.7. The molecular formula is C14H27N3O2S. The Bertz CT molecular complexity index is 441. The lowest BCUT2D eigenvalue weighted by atomic mass is 9.97. The van der Waals surface area contributed by atoms with Crippen molar-refractivity contribution in [2.75, 3.05) is 32.1 Å². The number of hydrogen-bond donors (Lipinski definition) is 2. The molecule has 2 N–H and O–H groups in total. The molecule has 0 heterocycles. The van der Waals surface area contributed by atoms with E-state index in [0.29, 0.717) is 13.0 Å². The van der Waals surface area contributed by atoms with Gasteiger partial charge in [0, 0.05) is 26.4 Å². The number of nitrogens with one attached hydrogen (secondary N) is 2. The van der Waals surface area contributed by atoms with Gasteiger partial charge in [0.05, 0.1) is 5.75 Å². The molecule has 0 spiro atoms. The van der Waals surface area contributed by atoms with Gasteiger partial charge < -0.3 is 10.6 Å². The minimum atomic E-state index is -2.87. The third-order valence-corrected chi connectivity index (χ3v) is 4.36. The van der Waals surface area contributed by atoms with Crippen molar-refractivity contribution in [1.29, 1.82) is 0 Å².